The van der Waals surface area contributed by atoms with Gasteiger partial charge in [0, 0.05) is 6.54 Å². The van der Waals surface area contributed by atoms with E-state index in [1.165, 1.54) is 17.3 Å². The van der Waals surface area contributed by atoms with Crippen molar-refractivity contribution in [2.75, 3.05) is 18.8 Å². The summed E-state index contributed by atoms with van der Waals surface area (Å²) in [5.41, 5.74) is 5.54. The first-order valence-corrected chi connectivity index (χ1v) is 7.79. The van der Waals surface area contributed by atoms with Gasteiger partial charge in [-0.1, -0.05) is 5.92 Å². The van der Waals surface area contributed by atoms with Crippen molar-refractivity contribution in [3.63, 3.8) is 0 Å². The molecule has 2 rings (SSSR count). The molecular formula is C14H17FN2O2S. The summed E-state index contributed by atoms with van der Waals surface area (Å²) < 4.78 is 39.9. The lowest BCUT2D eigenvalue weighted by atomic mass is 10.2. The zero-order chi connectivity index (χ0) is 14.9. The minimum atomic E-state index is -3.74. The SMILES string of the molecule is C#CCN(CC1CC1)S(=O)(=O)c1cc(C)c(F)c(N)c1. The molecule has 2 N–H and O–H groups in total. The Kier molecular flexibility index (Phi) is 4.02. The fourth-order valence-corrected chi connectivity index (χ4v) is 3.55. The van der Waals surface area contributed by atoms with E-state index in [9.17, 15) is 12.8 Å². The molecule has 0 radical (unpaired) electrons. The van der Waals surface area contributed by atoms with Gasteiger partial charge in [-0.3, -0.25) is 0 Å². The summed E-state index contributed by atoms with van der Waals surface area (Å²) in [4.78, 5) is -0.00944. The predicted molar refractivity (Wildman–Crippen MR) is 75.9 cm³/mol. The second-order valence-electron chi connectivity index (χ2n) is 5.09. The molecule has 0 spiro atoms. The van der Waals surface area contributed by atoms with Crippen molar-refractivity contribution in [3.8, 4) is 12.3 Å². The van der Waals surface area contributed by atoms with Crippen LogP contribution in [-0.4, -0.2) is 25.8 Å². The molecule has 0 aromatic heterocycles. The first kappa shape index (κ1) is 14.8. The van der Waals surface area contributed by atoms with Crippen LogP contribution in [0.5, 0.6) is 0 Å². The summed E-state index contributed by atoms with van der Waals surface area (Å²) in [6.07, 6.45) is 7.27. The third-order valence-corrected chi connectivity index (χ3v) is 5.11. The molecule has 108 valence electrons. The van der Waals surface area contributed by atoms with Crippen molar-refractivity contribution in [1.29, 1.82) is 0 Å². The number of anilines is 1. The number of nitrogen functional groups attached to an aromatic ring is 1. The van der Waals surface area contributed by atoms with E-state index in [-0.39, 0.29) is 22.7 Å². The van der Waals surface area contributed by atoms with Crippen LogP contribution >= 0.6 is 0 Å². The quantitative estimate of drug-likeness (QED) is 0.665. The number of aryl methyl sites for hydroxylation is 1. The summed E-state index contributed by atoms with van der Waals surface area (Å²) in [5, 5.41) is 0. The molecule has 1 aromatic rings. The molecular weight excluding hydrogens is 279 g/mol. The number of terminal acetylenes is 1. The first-order chi connectivity index (χ1) is 9.36. The predicted octanol–water partition coefficient (Wildman–Crippen LogP) is 1.75. The van der Waals surface area contributed by atoms with Gasteiger partial charge < -0.3 is 5.73 Å². The molecule has 0 unspecified atom stereocenters. The number of halogens is 1. The number of hydrogen-bond acceptors (Lipinski definition) is 3. The fraction of sp³-hybridized carbons (Fsp3) is 0.429. The Morgan fingerprint density at radius 2 is 2.15 bits per heavy atom. The molecule has 20 heavy (non-hydrogen) atoms. The van der Waals surface area contributed by atoms with Crippen molar-refractivity contribution in [1.82, 2.24) is 4.31 Å². The van der Waals surface area contributed by atoms with Crippen LogP contribution in [0, 0.1) is 31.0 Å². The average Bonchev–Trinajstić information content (AvgIpc) is 3.18. The minimum absolute atomic E-state index is 0.00909. The largest absolute Gasteiger partial charge is 0.396 e. The van der Waals surface area contributed by atoms with E-state index in [0.29, 0.717) is 12.5 Å². The van der Waals surface area contributed by atoms with Gasteiger partial charge in [0.05, 0.1) is 17.1 Å². The van der Waals surface area contributed by atoms with Crippen molar-refractivity contribution in [3.05, 3.63) is 23.5 Å². The van der Waals surface area contributed by atoms with E-state index >= 15 is 0 Å². The van der Waals surface area contributed by atoms with Gasteiger partial charge in [0.1, 0.15) is 5.82 Å². The molecule has 1 fully saturated rings. The van der Waals surface area contributed by atoms with Crippen LogP contribution in [-0.2, 0) is 10.0 Å². The highest BCUT2D eigenvalue weighted by atomic mass is 32.2. The lowest BCUT2D eigenvalue weighted by molar-refractivity contribution is 0.430. The molecule has 0 bridgehead atoms. The van der Waals surface area contributed by atoms with Crippen molar-refractivity contribution < 1.29 is 12.8 Å². The molecule has 1 aliphatic carbocycles. The van der Waals surface area contributed by atoms with Gasteiger partial charge in [0.2, 0.25) is 10.0 Å². The third kappa shape index (κ3) is 2.94. The summed E-state index contributed by atoms with van der Waals surface area (Å²) in [5.74, 6) is 2.14. The Morgan fingerprint density at radius 3 is 2.65 bits per heavy atom. The van der Waals surface area contributed by atoms with Gasteiger partial charge in [-0.05, 0) is 43.4 Å². The first-order valence-electron chi connectivity index (χ1n) is 6.35. The van der Waals surface area contributed by atoms with Crippen molar-refractivity contribution in [2.24, 2.45) is 5.92 Å². The van der Waals surface area contributed by atoms with Gasteiger partial charge in [0.15, 0.2) is 0 Å². The Hall–Kier alpha value is -1.58. The zero-order valence-corrected chi connectivity index (χ0v) is 12.1. The molecule has 0 heterocycles. The molecule has 0 aliphatic heterocycles. The monoisotopic (exact) mass is 296 g/mol. The summed E-state index contributed by atoms with van der Waals surface area (Å²) in [6, 6.07) is 2.44. The number of benzene rings is 1. The minimum Gasteiger partial charge on any atom is -0.396 e. The Labute approximate surface area is 118 Å². The fourth-order valence-electron chi connectivity index (χ4n) is 2.00. The van der Waals surface area contributed by atoms with E-state index in [0.717, 1.165) is 18.9 Å². The summed E-state index contributed by atoms with van der Waals surface area (Å²) >= 11 is 0. The molecule has 0 atom stereocenters. The highest BCUT2D eigenvalue weighted by Crippen LogP contribution is 2.32. The van der Waals surface area contributed by atoms with Crippen LogP contribution in [0.4, 0.5) is 10.1 Å². The van der Waals surface area contributed by atoms with E-state index in [1.54, 1.807) is 0 Å². The van der Waals surface area contributed by atoms with Gasteiger partial charge in [-0.15, -0.1) is 6.42 Å². The molecule has 0 amide bonds. The number of rotatable bonds is 5. The van der Waals surface area contributed by atoms with Crippen molar-refractivity contribution >= 4 is 15.7 Å². The Balaban J connectivity index is 2.39. The van der Waals surface area contributed by atoms with Gasteiger partial charge >= 0.3 is 0 Å². The van der Waals surface area contributed by atoms with Crippen LogP contribution in [0.2, 0.25) is 0 Å². The molecule has 1 saturated carbocycles. The van der Waals surface area contributed by atoms with E-state index < -0.39 is 15.8 Å². The molecule has 1 aromatic carbocycles. The highest BCUT2D eigenvalue weighted by Gasteiger charge is 2.31. The Morgan fingerprint density at radius 1 is 1.50 bits per heavy atom. The molecule has 4 nitrogen and oxygen atoms in total. The van der Waals surface area contributed by atoms with Crippen LogP contribution in [0.3, 0.4) is 0 Å². The topological polar surface area (TPSA) is 63.4 Å². The van der Waals surface area contributed by atoms with Gasteiger partial charge in [-0.25, -0.2) is 12.8 Å². The smallest absolute Gasteiger partial charge is 0.244 e. The molecule has 0 saturated heterocycles. The third-order valence-electron chi connectivity index (χ3n) is 3.32. The zero-order valence-electron chi connectivity index (χ0n) is 11.3. The Bertz CT molecular complexity index is 637. The number of nitrogens with zero attached hydrogens (tertiary/aromatic N) is 1. The van der Waals surface area contributed by atoms with Crippen LogP contribution in [0.25, 0.3) is 0 Å². The molecule has 1 aliphatic rings. The van der Waals surface area contributed by atoms with Crippen LogP contribution < -0.4 is 5.73 Å². The van der Waals surface area contributed by atoms with Crippen LogP contribution in [0.15, 0.2) is 17.0 Å². The number of sulfonamides is 1. The second kappa shape index (κ2) is 5.43. The number of hydrogen-bond donors (Lipinski definition) is 1. The van der Waals surface area contributed by atoms with E-state index in [4.69, 9.17) is 12.2 Å². The maximum Gasteiger partial charge on any atom is 0.244 e. The highest BCUT2D eigenvalue weighted by molar-refractivity contribution is 7.89. The van der Waals surface area contributed by atoms with E-state index in [1.807, 2.05) is 0 Å². The van der Waals surface area contributed by atoms with Crippen molar-refractivity contribution in [2.45, 2.75) is 24.7 Å². The van der Waals surface area contributed by atoms with Crippen LogP contribution in [0.1, 0.15) is 18.4 Å². The maximum atomic E-state index is 13.5. The average molecular weight is 296 g/mol. The van der Waals surface area contributed by atoms with Gasteiger partial charge in [0.25, 0.3) is 0 Å². The van der Waals surface area contributed by atoms with Gasteiger partial charge in [-0.2, -0.15) is 4.31 Å². The number of nitrogens with two attached hydrogens (primary N) is 1. The maximum absolute atomic E-state index is 13.5. The summed E-state index contributed by atoms with van der Waals surface area (Å²) in [7, 11) is -3.74. The lowest BCUT2D eigenvalue weighted by Crippen LogP contribution is -2.33. The summed E-state index contributed by atoms with van der Waals surface area (Å²) in [6.45, 7) is 1.90. The normalized spacial score (nSPS) is 15.3. The second-order valence-corrected chi connectivity index (χ2v) is 7.03. The van der Waals surface area contributed by atoms with E-state index in [2.05, 4.69) is 5.92 Å². The standard InChI is InChI=1S/C14H17FN2O2S/c1-3-6-17(9-11-4-5-11)20(18,19)12-7-10(2)14(15)13(16)8-12/h1,7-8,11H,4-6,9,16H2,2H3. The lowest BCUT2D eigenvalue weighted by Gasteiger charge is -2.20. The molecule has 6 heteroatoms.